The van der Waals surface area contributed by atoms with Gasteiger partial charge in [0.05, 0.1) is 17.0 Å². The van der Waals surface area contributed by atoms with Crippen LogP contribution in [-0.2, 0) is 7.05 Å². The van der Waals surface area contributed by atoms with Crippen LogP contribution in [-0.4, -0.2) is 19.6 Å². The normalized spacial score (nSPS) is 10.6. The highest BCUT2D eigenvalue weighted by Crippen LogP contribution is 2.20. The third-order valence-electron chi connectivity index (χ3n) is 3.21. The van der Waals surface area contributed by atoms with E-state index in [1.807, 2.05) is 39.4 Å². The number of aryl methyl sites for hydroxylation is 2. The average Bonchev–Trinajstić information content (AvgIpc) is 2.71. The SMILES string of the molecule is Cc1nn(-c2nn(C)c(C)c2C)c(C)c1C#N. The van der Waals surface area contributed by atoms with Crippen molar-refractivity contribution >= 4 is 0 Å². The first-order valence-electron chi connectivity index (χ1n) is 5.44. The Balaban J connectivity index is 2.70. The summed E-state index contributed by atoms with van der Waals surface area (Å²) in [5.41, 5.74) is 4.40. The summed E-state index contributed by atoms with van der Waals surface area (Å²) in [5, 5.41) is 17.9. The van der Waals surface area contributed by atoms with Crippen LogP contribution in [0.3, 0.4) is 0 Å². The molecule has 5 heteroatoms. The average molecular weight is 229 g/mol. The second kappa shape index (κ2) is 3.74. The Kier molecular flexibility index (Phi) is 2.50. The molecule has 0 unspecified atom stereocenters. The summed E-state index contributed by atoms with van der Waals surface area (Å²) in [6.07, 6.45) is 0. The highest BCUT2D eigenvalue weighted by molar-refractivity contribution is 5.43. The number of aromatic nitrogens is 4. The maximum absolute atomic E-state index is 9.06. The molecule has 2 aromatic heterocycles. The Morgan fingerprint density at radius 2 is 1.71 bits per heavy atom. The number of rotatable bonds is 1. The molecule has 0 aromatic carbocycles. The fraction of sp³-hybridized carbons (Fsp3) is 0.417. The Morgan fingerprint density at radius 3 is 2.12 bits per heavy atom. The molecule has 0 aliphatic heterocycles. The third kappa shape index (κ3) is 1.53. The lowest BCUT2D eigenvalue weighted by Crippen LogP contribution is -2.02. The first kappa shape index (κ1) is 11.4. The van der Waals surface area contributed by atoms with E-state index in [0.29, 0.717) is 5.56 Å². The number of nitriles is 1. The predicted molar refractivity (Wildman–Crippen MR) is 64.0 cm³/mol. The molecule has 0 spiro atoms. The van der Waals surface area contributed by atoms with Crippen molar-refractivity contribution in [1.82, 2.24) is 19.6 Å². The van der Waals surface area contributed by atoms with Crippen LogP contribution < -0.4 is 0 Å². The molecule has 0 bridgehead atoms. The van der Waals surface area contributed by atoms with Crippen LogP contribution in [0.4, 0.5) is 0 Å². The van der Waals surface area contributed by atoms with Gasteiger partial charge in [0.2, 0.25) is 0 Å². The van der Waals surface area contributed by atoms with Gasteiger partial charge in [-0.15, -0.1) is 0 Å². The molecule has 2 aromatic rings. The van der Waals surface area contributed by atoms with Gasteiger partial charge >= 0.3 is 0 Å². The molecule has 0 radical (unpaired) electrons. The van der Waals surface area contributed by atoms with E-state index in [2.05, 4.69) is 16.3 Å². The third-order valence-corrected chi connectivity index (χ3v) is 3.21. The lowest BCUT2D eigenvalue weighted by atomic mass is 10.2. The topological polar surface area (TPSA) is 59.4 Å². The Hall–Kier alpha value is -2.09. The van der Waals surface area contributed by atoms with E-state index >= 15 is 0 Å². The van der Waals surface area contributed by atoms with Gasteiger partial charge in [0, 0.05) is 18.3 Å². The molecular formula is C12H15N5. The number of hydrogen-bond donors (Lipinski definition) is 0. The van der Waals surface area contributed by atoms with Gasteiger partial charge in [-0.25, -0.2) is 4.68 Å². The quantitative estimate of drug-likeness (QED) is 0.748. The van der Waals surface area contributed by atoms with Crippen molar-refractivity contribution in [3.63, 3.8) is 0 Å². The molecule has 0 aliphatic rings. The summed E-state index contributed by atoms with van der Waals surface area (Å²) in [7, 11) is 1.91. The second-order valence-corrected chi connectivity index (χ2v) is 4.23. The molecule has 17 heavy (non-hydrogen) atoms. The van der Waals surface area contributed by atoms with Crippen LogP contribution in [0.1, 0.15) is 28.2 Å². The van der Waals surface area contributed by atoms with E-state index in [1.54, 1.807) is 4.68 Å². The maximum Gasteiger partial charge on any atom is 0.178 e. The van der Waals surface area contributed by atoms with E-state index in [-0.39, 0.29) is 0 Å². The van der Waals surface area contributed by atoms with Crippen molar-refractivity contribution in [2.75, 3.05) is 0 Å². The second-order valence-electron chi connectivity index (χ2n) is 4.23. The molecule has 5 nitrogen and oxygen atoms in total. The molecule has 0 amide bonds. The first-order chi connectivity index (χ1) is 7.97. The van der Waals surface area contributed by atoms with Crippen LogP contribution in [0.25, 0.3) is 5.82 Å². The summed E-state index contributed by atoms with van der Waals surface area (Å²) < 4.78 is 3.57. The highest BCUT2D eigenvalue weighted by Gasteiger charge is 2.17. The van der Waals surface area contributed by atoms with Crippen molar-refractivity contribution in [2.24, 2.45) is 7.05 Å². The van der Waals surface area contributed by atoms with Gasteiger partial charge in [-0.2, -0.15) is 15.5 Å². The molecule has 2 heterocycles. The van der Waals surface area contributed by atoms with Crippen LogP contribution >= 0.6 is 0 Å². The number of nitrogens with zero attached hydrogens (tertiary/aromatic N) is 5. The van der Waals surface area contributed by atoms with E-state index in [9.17, 15) is 0 Å². The zero-order chi connectivity index (χ0) is 12.7. The number of hydrogen-bond acceptors (Lipinski definition) is 3. The van der Waals surface area contributed by atoms with E-state index < -0.39 is 0 Å². The molecule has 2 rings (SSSR count). The van der Waals surface area contributed by atoms with Gasteiger partial charge in [0.15, 0.2) is 5.82 Å². The largest absolute Gasteiger partial charge is 0.270 e. The smallest absolute Gasteiger partial charge is 0.178 e. The van der Waals surface area contributed by atoms with Crippen LogP contribution in [0.15, 0.2) is 0 Å². The first-order valence-corrected chi connectivity index (χ1v) is 5.44. The fourth-order valence-electron chi connectivity index (χ4n) is 1.91. The molecular weight excluding hydrogens is 214 g/mol. The summed E-state index contributed by atoms with van der Waals surface area (Å²) >= 11 is 0. The van der Waals surface area contributed by atoms with Crippen LogP contribution in [0, 0.1) is 39.0 Å². The molecule has 0 saturated carbocycles. The van der Waals surface area contributed by atoms with Crippen molar-refractivity contribution in [1.29, 1.82) is 5.26 Å². The van der Waals surface area contributed by atoms with Gasteiger partial charge in [-0.3, -0.25) is 4.68 Å². The van der Waals surface area contributed by atoms with Gasteiger partial charge in [0.1, 0.15) is 6.07 Å². The monoisotopic (exact) mass is 229 g/mol. The zero-order valence-corrected chi connectivity index (χ0v) is 10.7. The summed E-state index contributed by atoms with van der Waals surface area (Å²) in [4.78, 5) is 0. The standard InChI is InChI=1S/C12H15N5/c1-7-9(3)16(5)15-12(7)17-10(4)11(6-13)8(2)14-17/h1-5H3. The Labute approximate surface area is 100 Å². The van der Waals surface area contributed by atoms with Crippen molar-refractivity contribution in [2.45, 2.75) is 27.7 Å². The lowest BCUT2D eigenvalue weighted by molar-refractivity contribution is 0.706. The van der Waals surface area contributed by atoms with E-state index in [4.69, 9.17) is 5.26 Å². The summed E-state index contributed by atoms with van der Waals surface area (Å²) in [5.74, 6) is 0.798. The lowest BCUT2D eigenvalue weighted by Gasteiger charge is -2.00. The van der Waals surface area contributed by atoms with Crippen molar-refractivity contribution < 1.29 is 0 Å². The van der Waals surface area contributed by atoms with Gasteiger partial charge < -0.3 is 0 Å². The highest BCUT2D eigenvalue weighted by atomic mass is 15.4. The van der Waals surface area contributed by atoms with Crippen molar-refractivity contribution in [3.05, 3.63) is 28.2 Å². The molecule has 0 aliphatic carbocycles. The molecule has 0 N–H and O–H groups in total. The van der Waals surface area contributed by atoms with E-state index in [0.717, 1.165) is 28.5 Å². The zero-order valence-electron chi connectivity index (χ0n) is 10.7. The van der Waals surface area contributed by atoms with Crippen molar-refractivity contribution in [3.8, 4) is 11.9 Å². The van der Waals surface area contributed by atoms with Gasteiger partial charge in [-0.05, 0) is 27.7 Å². The summed E-state index contributed by atoms with van der Waals surface area (Å²) in [6.45, 7) is 7.76. The minimum Gasteiger partial charge on any atom is -0.270 e. The van der Waals surface area contributed by atoms with Gasteiger partial charge in [-0.1, -0.05) is 0 Å². The Bertz CT molecular complexity index is 624. The maximum atomic E-state index is 9.06. The predicted octanol–water partition coefficient (Wildman–Crippen LogP) is 1.71. The molecule has 0 fully saturated rings. The van der Waals surface area contributed by atoms with Crippen LogP contribution in [0.5, 0.6) is 0 Å². The fourth-order valence-corrected chi connectivity index (χ4v) is 1.91. The summed E-state index contributed by atoms with van der Waals surface area (Å²) in [6, 6.07) is 2.18. The van der Waals surface area contributed by atoms with E-state index in [1.165, 1.54) is 0 Å². The Morgan fingerprint density at radius 1 is 1.06 bits per heavy atom. The molecule has 88 valence electrons. The minimum atomic E-state index is 0.632. The van der Waals surface area contributed by atoms with Gasteiger partial charge in [0.25, 0.3) is 0 Å². The minimum absolute atomic E-state index is 0.632. The molecule has 0 atom stereocenters. The van der Waals surface area contributed by atoms with Crippen LogP contribution in [0.2, 0.25) is 0 Å². The molecule has 0 saturated heterocycles.